The fourth-order valence-electron chi connectivity index (χ4n) is 2.64. The van der Waals surface area contributed by atoms with Crippen molar-refractivity contribution in [3.05, 3.63) is 22.8 Å². The van der Waals surface area contributed by atoms with E-state index >= 15 is 0 Å². The molecule has 0 spiro atoms. The Morgan fingerprint density at radius 1 is 1.26 bits per heavy atom. The van der Waals surface area contributed by atoms with E-state index < -0.39 is 7.12 Å². The third-order valence-electron chi connectivity index (χ3n) is 3.85. The summed E-state index contributed by atoms with van der Waals surface area (Å²) in [6, 6.07) is 2.04. The zero-order valence-corrected chi connectivity index (χ0v) is 12.4. The second-order valence-electron chi connectivity index (χ2n) is 5.12. The van der Waals surface area contributed by atoms with Crippen molar-refractivity contribution in [2.45, 2.75) is 25.3 Å². The molecular formula is C13H21BN2O2S. The molecule has 0 aliphatic carbocycles. The Balaban J connectivity index is 2.29. The Kier molecular flexibility index (Phi) is 4.92. The molecule has 0 bridgehead atoms. The van der Waals surface area contributed by atoms with Crippen LogP contribution in [0.5, 0.6) is 0 Å². The van der Waals surface area contributed by atoms with Gasteiger partial charge >= 0.3 is 7.12 Å². The van der Waals surface area contributed by atoms with Crippen molar-refractivity contribution in [3.63, 3.8) is 0 Å². The second-order valence-corrected chi connectivity index (χ2v) is 5.60. The number of thiol groups is 1. The Labute approximate surface area is 120 Å². The van der Waals surface area contributed by atoms with E-state index in [1.54, 1.807) is 0 Å². The predicted octanol–water partition coefficient (Wildman–Crippen LogP) is -0.323. The maximum absolute atomic E-state index is 9.54. The fourth-order valence-corrected chi connectivity index (χ4v) is 2.91. The van der Waals surface area contributed by atoms with Crippen LogP contribution in [0.3, 0.4) is 0 Å². The average Bonchev–Trinajstić information content (AvgIpc) is 2.37. The number of hydrogen-bond acceptors (Lipinski definition) is 5. The molecule has 1 aliphatic rings. The SMILES string of the molecule is Cc1c(S)cc(CN2CCNCC2)c(C)c1B(O)O. The first-order chi connectivity index (χ1) is 9.00. The Bertz CT molecular complexity index is 462. The summed E-state index contributed by atoms with van der Waals surface area (Å²) in [6.45, 7) is 8.72. The molecule has 0 unspecified atom stereocenters. The molecule has 2 rings (SSSR count). The van der Waals surface area contributed by atoms with Crippen LogP contribution in [-0.2, 0) is 6.54 Å². The van der Waals surface area contributed by atoms with Gasteiger partial charge in [-0.15, -0.1) is 12.6 Å². The fraction of sp³-hybridized carbons (Fsp3) is 0.538. The van der Waals surface area contributed by atoms with Crippen molar-refractivity contribution in [2.24, 2.45) is 0 Å². The molecule has 3 N–H and O–H groups in total. The second kappa shape index (κ2) is 6.28. The maximum Gasteiger partial charge on any atom is 0.489 e. The summed E-state index contributed by atoms with van der Waals surface area (Å²) in [5.41, 5.74) is 3.53. The smallest absolute Gasteiger partial charge is 0.423 e. The number of nitrogens with one attached hydrogen (secondary N) is 1. The Morgan fingerprint density at radius 3 is 2.47 bits per heavy atom. The van der Waals surface area contributed by atoms with E-state index in [1.165, 1.54) is 0 Å². The number of benzene rings is 1. The molecule has 1 aromatic rings. The highest BCUT2D eigenvalue weighted by atomic mass is 32.1. The molecule has 1 aromatic carbocycles. The van der Waals surface area contributed by atoms with E-state index in [1.807, 2.05) is 19.9 Å². The molecule has 104 valence electrons. The summed E-state index contributed by atoms with van der Waals surface area (Å²) >= 11 is 4.44. The summed E-state index contributed by atoms with van der Waals surface area (Å²) in [4.78, 5) is 3.19. The molecule has 0 atom stereocenters. The van der Waals surface area contributed by atoms with Gasteiger partial charge in [-0.2, -0.15) is 0 Å². The molecule has 0 aromatic heterocycles. The molecule has 1 aliphatic heterocycles. The lowest BCUT2D eigenvalue weighted by molar-refractivity contribution is 0.232. The van der Waals surface area contributed by atoms with E-state index in [9.17, 15) is 10.0 Å². The average molecular weight is 280 g/mol. The Morgan fingerprint density at radius 2 is 1.89 bits per heavy atom. The van der Waals surface area contributed by atoms with Gasteiger partial charge in [0.2, 0.25) is 0 Å². The van der Waals surface area contributed by atoms with Crippen LogP contribution in [0, 0.1) is 13.8 Å². The first-order valence-electron chi connectivity index (χ1n) is 6.62. The minimum absolute atomic E-state index is 0.595. The molecule has 6 heteroatoms. The maximum atomic E-state index is 9.54. The highest BCUT2D eigenvalue weighted by molar-refractivity contribution is 7.80. The number of hydrogen-bond donors (Lipinski definition) is 4. The molecule has 0 saturated carbocycles. The molecule has 1 fully saturated rings. The summed E-state index contributed by atoms with van der Waals surface area (Å²) in [7, 11) is -1.44. The van der Waals surface area contributed by atoms with Gasteiger partial charge in [0.25, 0.3) is 0 Å². The van der Waals surface area contributed by atoms with Crippen LogP contribution in [0.15, 0.2) is 11.0 Å². The lowest BCUT2D eigenvalue weighted by atomic mass is 9.73. The van der Waals surface area contributed by atoms with Crippen LogP contribution in [0.2, 0.25) is 0 Å². The van der Waals surface area contributed by atoms with Crippen molar-refractivity contribution >= 4 is 25.2 Å². The molecule has 1 heterocycles. The summed E-state index contributed by atoms with van der Waals surface area (Å²) < 4.78 is 0. The van der Waals surface area contributed by atoms with Gasteiger partial charge in [-0.3, -0.25) is 4.90 Å². The lowest BCUT2D eigenvalue weighted by Gasteiger charge is -2.28. The molecule has 1 saturated heterocycles. The molecule has 0 amide bonds. The number of piperazine rings is 1. The highest BCUT2D eigenvalue weighted by Crippen LogP contribution is 2.19. The quantitative estimate of drug-likeness (QED) is 0.453. The molecule has 19 heavy (non-hydrogen) atoms. The van der Waals surface area contributed by atoms with E-state index in [0.29, 0.717) is 5.46 Å². The van der Waals surface area contributed by atoms with Crippen molar-refractivity contribution in [2.75, 3.05) is 26.2 Å². The van der Waals surface area contributed by atoms with Crippen LogP contribution in [-0.4, -0.2) is 48.2 Å². The van der Waals surface area contributed by atoms with E-state index in [-0.39, 0.29) is 0 Å². The third-order valence-corrected chi connectivity index (χ3v) is 4.31. The van der Waals surface area contributed by atoms with Gasteiger partial charge < -0.3 is 15.4 Å². The molecule has 4 nitrogen and oxygen atoms in total. The number of rotatable bonds is 3. The largest absolute Gasteiger partial charge is 0.489 e. The van der Waals surface area contributed by atoms with Crippen LogP contribution in [0.4, 0.5) is 0 Å². The van der Waals surface area contributed by atoms with E-state index in [2.05, 4.69) is 22.8 Å². The van der Waals surface area contributed by atoms with Crippen LogP contribution >= 0.6 is 12.6 Å². The van der Waals surface area contributed by atoms with Gasteiger partial charge in [0.1, 0.15) is 0 Å². The van der Waals surface area contributed by atoms with Gasteiger partial charge in [-0.1, -0.05) is 0 Å². The number of nitrogens with zero attached hydrogens (tertiary/aromatic N) is 1. The monoisotopic (exact) mass is 280 g/mol. The minimum Gasteiger partial charge on any atom is -0.423 e. The van der Waals surface area contributed by atoms with Crippen LogP contribution in [0.25, 0.3) is 0 Å². The van der Waals surface area contributed by atoms with E-state index in [4.69, 9.17) is 0 Å². The Hall–Kier alpha value is -0.525. The molecular weight excluding hydrogens is 259 g/mol. The van der Waals surface area contributed by atoms with Crippen LogP contribution in [0.1, 0.15) is 16.7 Å². The first kappa shape index (κ1) is 14.9. The molecule has 0 radical (unpaired) electrons. The normalized spacial score (nSPS) is 16.7. The van der Waals surface area contributed by atoms with Crippen molar-refractivity contribution in [1.82, 2.24) is 10.2 Å². The summed E-state index contributed by atoms with van der Waals surface area (Å²) in [5.74, 6) is 0. The summed E-state index contributed by atoms with van der Waals surface area (Å²) in [5, 5.41) is 22.4. The minimum atomic E-state index is -1.44. The highest BCUT2D eigenvalue weighted by Gasteiger charge is 2.22. The zero-order chi connectivity index (χ0) is 14.0. The van der Waals surface area contributed by atoms with Gasteiger partial charge in [0.05, 0.1) is 0 Å². The van der Waals surface area contributed by atoms with E-state index in [0.717, 1.165) is 54.3 Å². The summed E-state index contributed by atoms with van der Waals surface area (Å²) in [6.07, 6.45) is 0. The topological polar surface area (TPSA) is 55.7 Å². The van der Waals surface area contributed by atoms with Gasteiger partial charge in [0.15, 0.2) is 0 Å². The standard InChI is InChI=1S/C13H21BN2O2S/c1-9-11(8-16-5-3-15-4-6-16)7-12(19)10(2)13(9)14(17)18/h7,15,17-19H,3-6,8H2,1-2H3. The first-order valence-corrected chi connectivity index (χ1v) is 7.06. The van der Waals surface area contributed by atoms with Crippen molar-refractivity contribution in [1.29, 1.82) is 0 Å². The zero-order valence-electron chi connectivity index (χ0n) is 11.5. The van der Waals surface area contributed by atoms with Crippen molar-refractivity contribution in [3.8, 4) is 0 Å². The van der Waals surface area contributed by atoms with Crippen LogP contribution < -0.4 is 10.8 Å². The predicted molar refractivity (Wildman–Crippen MR) is 81.1 cm³/mol. The van der Waals surface area contributed by atoms with Crippen molar-refractivity contribution < 1.29 is 10.0 Å². The van der Waals surface area contributed by atoms with Gasteiger partial charge in [-0.05, 0) is 42.1 Å². The third kappa shape index (κ3) is 3.33. The van der Waals surface area contributed by atoms with Gasteiger partial charge in [-0.25, -0.2) is 0 Å². The lowest BCUT2D eigenvalue weighted by Crippen LogP contribution is -2.43. The van der Waals surface area contributed by atoms with Gasteiger partial charge in [0, 0.05) is 37.6 Å².